The van der Waals surface area contributed by atoms with Crippen LogP contribution in [0.15, 0.2) is 153 Å². The molecule has 12 N–H and O–H groups in total. The minimum absolute atomic E-state index is 0.103. The van der Waals surface area contributed by atoms with Gasteiger partial charge in [-0.1, -0.05) is 18.2 Å². The van der Waals surface area contributed by atoms with Crippen LogP contribution in [0.3, 0.4) is 0 Å². The maximum Gasteiger partial charge on any atom is 0.229 e. The molecule has 13 aromatic rings. The fourth-order valence-corrected chi connectivity index (χ4v) is 17.2. The molecule has 9 aliphatic rings. The second kappa shape index (κ2) is 44.2. The average molecular weight is 1850 g/mol. The number of unbranched alkanes of at least 4 members (excludes halogenated alkanes) is 1. The van der Waals surface area contributed by atoms with Crippen molar-refractivity contribution >= 4 is 82.0 Å². The lowest BCUT2D eigenvalue weighted by Gasteiger charge is -2.58. The molecule has 3 atom stereocenters. The van der Waals surface area contributed by atoms with Gasteiger partial charge >= 0.3 is 0 Å². The van der Waals surface area contributed by atoms with E-state index in [0.29, 0.717) is 126 Å². The highest BCUT2D eigenvalue weighted by molar-refractivity contribution is 5.84. The number of morpholine rings is 5. The second-order valence-electron chi connectivity index (χ2n) is 34.0. The number of pyridine rings is 2. The lowest BCUT2D eigenvalue weighted by molar-refractivity contribution is -0.0666. The first kappa shape index (κ1) is 92.1. The Balaban J connectivity index is 0.000000113. The van der Waals surface area contributed by atoms with E-state index in [0.717, 1.165) is 218 Å². The van der Waals surface area contributed by atoms with Gasteiger partial charge < -0.3 is 102 Å². The highest BCUT2D eigenvalue weighted by Gasteiger charge is 2.63. The molecule has 1 saturated carbocycles. The molecule has 43 heteroatoms. The SMILES string of the molecule is CN(C)CCCCNc1cc(-c2cnc(N)nc2)nc(N2CCOCC2)n1.Nc1ncc(-c2cc(-c3cccnc3)nc(N3CCOCC3)n2)cn1.Nc1ncc(-c2cc(-c3cnc4ccccc4c3)nc(N3CCOCC3)n2)cn1.Nc1ncc(-c2cc(N[C@H]3CN4CCC45CCC35)nc(N3CCOCC3)n2)cn1.Nc1ncc(-c2cc(OC3CCOCC3)nc(N3CCOCC3)n2)cn1. The van der Waals surface area contributed by atoms with E-state index in [1.54, 1.807) is 74.4 Å². The molecule has 8 saturated heterocycles. The van der Waals surface area contributed by atoms with Crippen molar-refractivity contribution in [2.75, 3.05) is 249 Å². The summed E-state index contributed by atoms with van der Waals surface area (Å²) in [4.78, 5) is 113. The van der Waals surface area contributed by atoms with Gasteiger partial charge in [-0.2, -0.15) is 15.0 Å². The van der Waals surface area contributed by atoms with Gasteiger partial charge in [0.05, 0.1) is 125 Å². The smallest absolute Gasteiger partial charge is 0.229 e. The topological polar surface area (TPSA) is 525 Å². The third-order valence-electron chi connectivity index (χ3n) is 24.8. The van der Waals surface area contributed by atoms with Crippen molar-refractivity contribution in [3.8, 4) is 84.7 Å². The number of rotatable bonds is 22. The minimum Gasteiger partial charge on any atom is -0.474 e. The molecular weight excluding hydrogens is 1730 g/mol. The van der Waals surface area contributed by atoms with Crippen LogP contribution >= 0.6 is 0 Å². The number of fused-ring (bicyclic) bond motifs is 1. The third kappa shape index (κ3) is 23.5. The zero-order valence-corrected chi connectivity index (χ0v) is 76.2. The van der Waals surface area contributed by atoms with E-state index in [4.69, 9.17) is 102 Å². The van der Waals surface area contributed by atoms with E-state index in [9.17, 15) is 0 Å². The predicted octanol–water partition coefficient (Wildman–Crippen LogP) is 7.00. The Morgan fingerprint density at radius 2 is 0.765 bits per heavy atom. The molecule has 20 heterocycles. The first-order chi connectivity index (χ1) is 66.7. The molecule has 43 nitrogen and oxygen atoms in total. The number of nitrogen functional groups attached to an aromatic ring is 5. The number of hydrogen-bond donors (Lipinski definition) is 7. The molecular formula is C93H112N36O7. The van der Waals surface area contributed by atoms with Gasteiger partial charge in [0, 0.05) is 253 Å². The van der Waals surface area contributed by atoms with Crippen LogP contribution in [0.4, 0.5) is 71.1 Å². The lowest BCUT2D eigenvalue weighted by Crippen LogP contribution is -2.64. The number of nitrogens with zero attached hydrogens (tertiary/aromatic N) is 29. The normalized spacial score (nSPS) is 18.7. The third-order valence-corrected chi connectivity index (χ3v) is 24.8. The van der Waals surface area contributed by atoms with E-state index < -0.39 is 0 Å². The molecule has 706 valence electrons. The molecule has 12 aromatic heterocycles. The lowest BCUT2D eigenvalue weighted by atomic mass is 9.61. The summed E-state index contributed by atoms with van der Waals surface area (Å²) in [6, 6.07) is 24.1. The highest BCUT2D eigenvalue weighted by atomic mass is 16.5. The summed E-state index contributed by atoms with van der Waals surface area (Å²) in [5, 5.41) is 8.24. The fourth-order valence-electron chi connectivity index (χ4n) is 17.2. The van der Waals surface area contributed by atoms with E-state index in [1.165, 1.54) is 25.8 Å². The van der Waals surface area contributed by atoms with Crippen molar-refractivity contribution in [3.63, 3.8) is 0 Å². The molecule has 8 aliphatic heterocycles. The Morgan fingerprint density at radius 1 is 0.375 bits per heavy atom. The largest absolute Gasteiger partial charge is 0.474 e. The van der Waals surface area contributed by atoms with Crippen LogP contribution in [0, 0.1) is 5.92 Å². The summed E-state index contributed by atoms with van der Waals surface area (Å²) in [7, 11) is 4.18. The minimum atomic E-state index is 0.103. The van der Waals surface area contributed by atoms with Crippen LogP contribution in [-0.4, -0.2) is 322 Å². The van der Waals surface area contributed by atoms with E-state index in [-0.39, 0.29) is 35.8 Å². The Bertz CT molecular complexity index is 6060. The summed E-state index contributed by atoms with van der Waals surface area (Å²) in [5.74, 6) is 7.57. The van der Waals surface area contributed by atoms with Crippen LogP contribution in [0.25, 0.3) is 89.7 Å². The average Bonchev–Trinajstić information content (AvgIpc) is 1.54. The van der Waals surface area contributed by atoms with E-state index >= 15 is 0 Å². The van der Waals surface area contributed by atoms with Gasteiger partial charge in [0.1, 0.15) is 17.7 Å². The molecule has 136 heavy (non-hydrogen) atoms. The number of para-hydroxylation sites is 1. The second-order valence-corrected chi connectivity index (χ2v) is 34.0. The van der Waals surface area contributed by atoms with E-state index in [2.05, 4.69) is 135 Å². The number of nitrogens with two attached hydrogens (primary N) is 5. The number of hydrogen-bond acceptors (Lipinski definition) is 43. The first-order valence-corrected chi connectivity index (χ1v) is 46.0. The monoisotopic (exact) mass is 1840 g/mol. The first-order valence-electron chi connectivity index (χ1n) is 46.0. The Kier molecular flexibility index (Phi) is 30.0. The summed E-state index contributed by atoms with van der Waals surface area (Å²) < 4.78 is 38.8. The molecule has 0 bridgehead atoms. The van der Waals surface area contributed by atoms with Crippen molar-refractivity contribution in [1.82, 2.24) is 119 Å². The molecule has 1 aromatic carbocycles. The van der Waals surface area contributed by atoms with Gasteiger partial charge in [-0.15, -0.1) is 0 Å². The molecule has 9 fully saturated rings. The van der Waals surface area contributed by atoms with E-state index in [1.807, 2.05) is 72.9 Å². The molecule has 0 radical (unpaired) electrons. The van der Waals surface area contributed by atoms with Crippen LogP contribution in [-0.2, 0) is 28.4 Å². The zero-order chi connectivity index (χ0) is 92.9. The quantitative estimate of drug-likeness (QED) is 0.0336. The molecule has 1 spiro atoms. The summed E-state index contributed by atoms with van der Waals surface area (Å²) in [5.41, 5.74) is 40.8. The van der Waals surface area contributed by atoms with Gasteiger partial charge in [0.15, 0.2) is 0 Å². The van der Waals surface area contributed by atoms with Gasteiger partial charge in [0.2, 0.25) is 65.4 Å². The summed E-state index contributed by atoms with van der Waals surface area (Å²) in [6.07, 6.45) is 30.3. The maximum absolute atomic E-state index is 6.12. The van der Waals surface area contributed by atoms with Crippen molar-refractivity contribution in [2.45, 2.75) is 62.6 Å². The van der Waals surface area contributed by atoms with Crippen LogP contribution in [0.5, 0.6) is 5.88 Å². The van der Waals surface area contributed by atoms with Crippen molar-refractivity contribution in [2.24, 2.45) is 5.92 Å². The number of ether oxygens (including phenoxy) is 7. The Labute approximate surface area is 786 Å². The number of anilines is 12. The number of aromatic nitrogens is 22. The number of benzene rings is 1. The van der Waals surface area contributed by atoms with Crippen molar-refractivity contribution in [3.05, 3.63) is 153 Å². The Morgan fingerprint density at radius 3 is 1.18 bits per heavy atom. The van der Waals surface area contributed by atoms with Gasteiger partial charge in [-0.25, -0.2) is 84.7 Å². The van der Waals surface area contributed by atoms with Crippen LogP contribution < -0.4 is 68.5 Å². The number of nitrogens with one attached hydrogen (secondary N) is 2. The van der Waals surface area contributed by atoms with Gasteiger partial charge in [-0.05, 0) is 95.1 Å². The maximum atomic E-state index is 6.12. The highest BCUT2D eigenvalue weighted by Crippen LogP contribution is 2.58. The van der Waals surface area contributed by atoms with Gasteiger partial charge in [0.25, 0.3) is 0 Å². The standard InChI is InChI=1S/C21H19N7O.C20H26N8O.C18H28N8O.C17H17N7O.C17H22N6O3/c22-20-24-12-16(13-25-20)19-10-18(26-21(27-19)28-5-7-29-8-6-28)15-9-14-3-1-2-4-17(14)23-11-15;21-18-22-10-13(11-23-18)15-9-17(26-19(25-15)27-5-7-29-8-6-27)24-16-12-28-4-3-20(28)2-1-14(16)20;1-25(2)6-4-3-5-20-16-11-15(14-12-21-17(19)22-13-14)23-18(24-16)26-7-9-27-10-8-26;18-16-20-10-13(11-21-16)15-8-14(12-2-1-3-19-9-12)22-17(23-15)24-4-6-25-7-5-24;18-16-19-10-12(11-20-16)14-9-15(26-13-1-5-24-6-2-13)22-17(21-14)23-3-7-25-8-4-23/h1-4,9-13H,5-8H2,(H2,22,24,25);9-11,14,16H,1-8,12H2,(H2,21,22,23)(H,24,25,26);11-13H,3-10H2,1-2H3,(H2,19,21,22)(H,20,23,24);1-3,8-11H,4-7H2,(H2,18,20,21);9-11,13H,1-8H2,(H2,18,19,20)/t;14?,16-,20?;;;/m.0.../s1. The predicted molar refractivity (Wildman–Crippen MR) is 516 cm³/mol. The zero-order valence-electron chi connectivity index (χ0n) is 76.2. The summed E-state index contributed by atoms with van der Waals surface area (Å²) >= 11 is 0. The summed E-state index contributed by atoms with van der Waals surface area (Å²) in [6.45, 7) is 20.1. The molecule has 22 rings (SSSR count). The Hall–Kier alpha value is -14.3. The van der Waals surface area contributed by atoms with Gasteiger partial charge in [-0.3, -0.25) is 14.9 Å². The van der Waals surface area contributed by atoms with Crippen LogP contribution in [0.2, 0.25) is 0 Å². The van der Waals surface area contributed by atoms with Crippen molar-refractivity contribution in [1.29, 1.82) is 0 Å². The molecule has 0 amide bonds. The fraction of sp³-hybridized carbons (Fsp3) is 0.419. The molecule has 1 aliphatic carbocycles. The molecule has 2 unspecified atom stereocenters. The van der Waals surface area contributed by atoms with Crippen LogP contribution in [0.1, 0.15) is 44.9 Å². The van der Waals surface area contributed by atoms with Crippen molar-refractivity contribution < 1.29 is 33.2 Å².